The maximum atomic E-state index is 12.4. The van der Waals surface area contributed by atoms with E-state index >= 15 is 0 Å². The van der Waals surface area contributed by atoms with Gasteiger partial charge in [0.25, 0.3) is 0 Å². The van der Waals surface area contributed by atoms with Gasteiger partial charge in [0, 0.05) is 0 Å². The molecule has 8 heteroatoms. The van der Waals surface area contributed by atoms with Crippen LogP contribution in [0.15, 0.2) is 48.5 Å². The third-order valence-corrected chi connectivity index (χ3v) is 5.13. The van der Waals surface area contributed by atoms with Gasteiger partial charge in [-0.15, -0.1) is 0 Å². The number of ether oxygens (including phenoxy) is 6. The molecule has 4 rings (SSSR count). The van der Waals surface area contributed by atoms with E-state index in [4.69, 9.17) is 28.4 Å². The highest BCUT2D eigenvalue weighted by Crippen LogP contribution is 2.31. The van der Waals surface area contributed by atoms with Gasteiger partial charge < -0.3 is 28.4 Å². The summed E-state index contributed by atoms with van der Waals surface area (Å²) in [5.41, 5.74) is 0.805. The molecule has 2 aliphatic heterocycles. The van der Waals surface area contributed by atoms with E-state index in [2.05, 4.69) is 0 Å². The van der Waals surface area contributed by atoms with E-state index in [9.17, 15) is 9.59 Å². The minimum absolute atomic E-state index is 0.174. The van der Waals surface area contributed by atoms with Crippen LogP contribution in [0.3, 0.4) is 0 Å². The lowest BCUT2D eigenvalue weighted by atomic mass is 10.1. The van der Waals surface area contributed by atoms with Crippen molar-refractivity contribution in [1.82, 2.24) is 0 Å². The van der Waals surface area contributed by atoms with Gasteiger partial charge in [-0.05, 0) is 48.5 Å². The highest BCUT2D eigenvalue weighted by atomic mass is 16.7. The highest BCUT2D eigenvalue weighted by Gasteiger charge is 2.51. The van der Waals surface area contributed by atoms with Gasteiger partial charge in [0.05, 0.1) is 38.6 Å². The smallest absolute Gasteiger partial charge is 0.338 e. The van der Waals surface area contributed by atoms with Crippen LogP contribution in [0.4, 0.5) is 0 Å². The van der Waals surface area contributed by atoms with Crippen LogP contribution in [0.1, 0.15) is 20.7 Å². The fourth-order valence-electron chi connectivity index (χ4n) is 3.50. The molecule has 2 aromatic rings. The Labute approximate surface area is 173 Å². The Morgan fingerprint density at radius 2 is 1.07 bits per heavy atom. The molecule has 0 unspecified atom stereocenters. The van der Waals surface area contributed by atoms with Gasteiger partial charge >= 0.3 is 11.9 Å². The molecular weight excluding hydrogens is 392 g/mol. The van der Waals surface area contributed by atoms with Crippen LogP contribution in [0.2, 0.25) is 0 Å². The van der Waals surface area contributed by atoms with Crippen LogP contribution in [-0.2, 0) is 18.9 Å². The summed E-state index contributed by atoms with van der Waals surface area (Å²) >= 11 is 0. The highest BCUT2D eigenvalue weighted by molar-refractivity contribution is 5.90. The Hall–Kier alpha value is -3.10. The molecule has 8 nitrogen and oxygen atoms in total. The average Bonchev–Trinajstić information content (AvgIpc) is 3.37. The van der Waals surface area contributed by atoms with E-state index in [0.29, 0.717) is 22.6 Å². The summed E-state index contributed by atoms with van der Waals surface area (Å²) < 4.78 is 32.8. The Balaban J connectivity index is 1.34. The first-order valence-corrected chi connectivity index (χ1v) is 9.52. The second kappa shape index (κ2) is 8.73. The van der Waals surface area contributed by atoms with E-state index in [0.717, 1.165) is 0 Å². The lowest BCUT2D eigenvalue weighted by Gasteiger charge is -2.17. The molecule has 158 valence electrons. The van der Waals surface area contributed by atoms with Crippen LogP contribution in [-0.4, -0.2) is 63.8 Å². The fourth-order valence-corrected chi connectivity index (χ4v) is 3.50. The molecule has 4 atom stereocenters. The van der Waals surface area contributed by atoms with Crippen molar-refractivity contribution in [3.05, 3.63) is 59.7 Å². The van der Waals surface area contributed by atoms with Crippen LogP contribution in [0.5, 0.6) is 11.5 Å². The van der Waals surface area contributed by atoms with Crippen molar-refractivity contribution < 1.29 is 38.0 Å². The van der Waals surface area contributed by atoms with Gasteiger partial charge in [-0.25, -0.2) is 9.59 Å². The average molecular weight is 414 g/mol. The number of hydrogen-bond donors (Lipinski definition) is 0. The lowest BCUT2D eigenvalue weighted by Crippen LogP contribution is -2.36. The number of methoxy groups -OCH3 is 2. The lowest BCUT2D eigenvalue weighted by molar-refractivity contribution is -0.0287. The van der Waals surface area contributed by atoms with Crippen molar-refractivity contribution >= 4 is 11.9 Å². The van der Waals surface area contributed by atoms with Crippen molar-refractivity contribution in [2.75, 3.05) is 27.4 Å². The summed E-state index contributed by atoms with van der Waals surface area (Å²) in [6.07, 6.45) is -2.12. The Morgan fingerprint density at radius 3 is 1.40 bits per heavy atom. The second-order valence-corrected chi connectivity index (χ2v) is 6.94. The summed E-state index contributed by atoms with van der Waals surface area (Å²) in [6.45, 7) is 0.349. The van der Waals surface area contributed by atoms with Gasteiger partial charge in [-0.1, -0.05) is 0 Å². The molecule has 0 radical (unpaired) electrons. The van der Waals surface area contributed by atoms with Gasteiger partial charge in [-0.3, -0.25) is 0 Å². The molecule has 0 aromatic heterocycles. The minimum Gasteiger partial charge on any atom is -0.497 e. The van der Waals surface area contributed by atoms with Crippen LogP contribution in [0, 0.1) is 0 Å². The van der Waals surface area contributed by atoms with Crippen LogP contribution in [0.25, 0.3) is 0 Å². The first kappa shape index (κ1) is 20.2. The normalized spacial score (nSPS) is 24.7. The fraction of sp³-hybridized carbons (Fsp3) is 0.364. The monoisotopic (exact) mass is 414 g/mol. The molecule has 0 aliphatic carbocycles. The SMILES string of the molecule is COc1ccc(C(=O)O[C@H]2CO[C@@H]3[C@H]2OC[C@@H]3OC(=O)c2ccc(OC)cc2)cc1. The van der Waals surface area contributed by atoms with Crippen molar-refractivity contribution in [1.29, 1.82) is 0 Å². The molecule has 0 amide bonds. The third kappa shape index (κ3) is 4.10. The standard InChI is InChI=1S/C22H22O8/c1-25-15-7-3-13(4-8-15)21(23)29-17-11-27-20-18(12-28-19(17)20)30-22(24)14-5-9-16(26-2)10-6-14/h3-10,17-20H,11-12H2,1-2H3/t17-,18-,19-,20-/m0/s1. The van der Waals surface area contributed by atoms with Crippen molar-refractivity contribution in [3.8, 4) is 11.5 Å². The first-order chi connectivity index (χ1) is 14.6. The predicted octanol–water partition coefficient (Wildman–Crippen LogP) is 2.25. The van der Waals surface area contributed by atoms with Gasteiger partial charge in [0.2, 0.25) is 0 Å². The van der Waals surface area contributed by atoms with E-state index < -0.39 is 36.4 Å². The number of carbonyl (C=O) groups excluding carboxylic acids is 2. The quantitative estimate of drug-likeness (QED) is 0.665. The molecule has 30 heavy (non-hydrogen) atoms. The molecule has 0 bridgehead atoms. The number of rotatable bonds is 6. The van der Waals surface area contributed by atoms with E-state index in [1.54, 1.807) is 62.8 Å². The van der Waals surface area contributed by atoms with Crippen molar-refractivity contribution in [3.63, 3.8) is 0 Å². The maximum absolute atomic E-state index is 12.4. The summed E-state index contributed by atoms with van der Waals surface area (Å²) in [6, 6.07) is 13.3. The van der Waals surface area contributed by atoms with E-state index in [1.165, 1.54) is 0 Å². The summed E-state index contributed by atoms with van der Waals surface area (Å²) in [5.74, 6) is 0.344. The van der Waals surface area contributed by atoms with Gasteiger partial charge in [0.1, 0.15) is 23.7 Å². The first-order valence-electron chi connectivity index (χ1n) is 9.52. The summed E-state index contributed by atoms with van der Waals surface area (Å²) in [4.78, 5) is 24.8. The number of esters is 2. The largest absolute Gasteiger partial charge is 0.497 e. The molecule has 0 spiro atoms. The molecule has 0 N–H and O–H groups in total. The predicted molar refractivity (Wildman–Crippen MR) is 104 cm³/mol. The van der Waals surface area contributed by atoms with Crippen molar-refractivity contribution in [2.24, 2.45) is 0 Å². The molecule has 0 saturated carbocycles. The Kier molecular flexibility index (Phi) is 5.87. The van der Waals surface area contributed by atoms with Crippen LogP contribution < -0.4 is 9.47 Å². The maximum Gasteiger partial charge on any atom is 0.338 e. The number of hydrogen-bond acceptors (Lipinski definition) is 8. The van der Waals surface area contributed by atoms with Gasteiger partial charge in [-0.2, -0.15) is 0 Å². The molecule has 2 fully saturated rings. The summed E-state index contributed by atoms with van der Waals surface area (Å²) in [5, 5.41) is 0. The Bertz CT molecular complexity index is 817. The van der Waals surface area contributed by atoms with Gasteiger partial charge in [0.15, 0.2) is 12.2 Å². The molecule has 2 aliphatic rings. The molecule has 2 aromatic carbocycles. The number of benzene rings is 2. The summed E-state index contributed by atoms with van der Waals surface area (Å²) in [7, 11) is 3.11. The zero-order chi connectivity index (χ0) is 21.1. The number of carbonyl (C=O) groups is 2. The zero-order valence-corrected chi connectivity index (χ0v) is 16.6. The molecule has 2 saturated heterocycles. The number of fused-ring (bicyclic) bond motifs is 1. The van der Waals surface area contributed by atoms with E-state index in [-0.39, 0.29) is 13.2 Å². The second-order valence-electron chi connectivity index (χ2n) is 6.94. The van der Waals surface area contributed by atoms with Crippen molar-refractivity contribution in [2.45, 2.75) is 24.4 Å². The Morgan fingerprint density at radius 1 is 0.700 bits per heavy atom. The van der Waals surface area contributed by atoms with Crippen LogP contribution >= 0.6 is 0 Å². The molecule has 2 heterocycles. The topological polar surface area (TPSA) is 89.5 Å². The van der Waals surface area contributed by atoms with E-state index in [1.807, 2.05) is 0 Å². The molecular formula is C22H22O8. The minimum atomic E-state index is -0.575. The zero-order valence-electron chi connectivity index (χ0n) is 16.6. The third-order valence-electron chi connectivity index (χ3n) is 5.13.